The molecule has 8 heteroatoms. The average Bonchev–Trinajstić information content (AvgIpc) is 3.26. The molecule has 1 aliphatic heterocycles. The topological polar surface area (TPSA) is 52.7 Å². The van der Waals surface area contributed by atoms with Crippen LogP contribution in [0, 0.1) is 11.8 Å². The van der Waals surface area contributed by atoms with Crippen LogP contribution in [0.4, 0.5) is 13.2 Å². The Morgan fingerprint density at radius 2 is 1.61 bits per heavy atom. The number of carbonyl (C=O) groups is 2. The number of nitrogens with zero attached hydrogens (tertiary/aromatic N) is 2. The molecule has 31 heavy (non-hydrogen) atoms. The molecule has 0 bridgehead atoms. The zero-order valence-corrected chi connectivity index (χ0v) is 18.3. The third-order valence-corrected chi connectivity index (χ3v) is 6.25. The quantitative estimate of drug-likeness (QED) is 0.734. The van der Waals surface area contributed by atoms with Crippen LogP contribution in [0.2, 0.25) is 0 Å². The van der Waals surface area contributed by atoms with Gasteiger partial charge in [-0.15, -0.1) is 0 Å². The summed E-state index contributed by atoms with van der Waals surface area (Å²) in [6, 6.07) is 4.18. The Morgan fingerprint density at radius 1 is 1.03 bits per heavy atom. The first-order valence-electron chi connectivity index (χ1n) is 11.1. The molecule has 5 nitrogen and oxygen atoms in total. The van der Waals surface area contributed by atoms with Crippen molar-refractivity contribution in [3.05, 3.63) is 35.4 Å². The maximum absolute atomic E-state index is 13.0. The monoisotopic (exact) mass is 439 g/mol. The highest BCUT2D eigenvalue weighted by molar-refractivity contribution is 5.94. The largest absolute Gasteiger partial charge is 0.416 e. The summed E-state index contributed by atoms with van der Waals surface area (Å²) in [5, 5.41) is 3.08. The van der Waals surface area contributed by atoms with Crippen LogP contribution in [0.5, 0.6) is 0 Å². The van der Waals surface area contributed by atoms with E-state index < -0.39 is 11.7 Å². The molecule has 1 aromatic rings. The molecule has 172 valence electrons. The van der Waals surface area contributed by atoms with E-state index in [2.05, 4.69) is 24.1 Å². The Hall–Kier alpha value is -2.09. The molecule has 0 radical (unpaired) electrons. The molecule has 2 aliphatic rings. The van der Waals surface area contributed by atoms with Crippen molar-refractivity contribution in [1.82, 2.24) is 15.1 Å². The van der Waals surface area contributed by atoms with Gasteiger partial charge in [-0.25, -0.2) is 0 Å². The SMILES string of the molecule is CC(C)CNC(=O)C(C1CCCC1)N1CCN(C(=O)c2ccc(C(F)(F)F)cc2)CC1. The van der Waals surface area contributed by atoms with E-state index in [4.69, 9.17) is 0 Å². The molecule has 1 heterocycles. The van der Waals surface area contributed by atoms with Gasteiger partial charge in [-0.3, -0.25) is 14.5 Å². The number of benzene rings is 1. The summed E-state index contributed by atoms with van der Waals surface area (Å²) in [5.74, 6) is 0.522. The van der Waals surface area contributed by atoms with Crippen LogP contribution in [0.3, 0.4) is 0 Å². The van der Waals surface area contributed by atoms with E-state index in [-0.39, 0.29) is 23.4 Å². The summed E-state index contributed by atoms with van der Waals surface area (Å²) in [4.78, 5) is 29.6. The minimum Gasteiger partial charge on any atom is -0.354 e. The number of carbonyl (C=O) groups excluding carboxylic acids is 2. The fraction of sp³-hybridized carbons (Fsp3) is 0.652. The third-order valence-electron chi connectivity index (χ3n) is 6.25. The summed E-state index contributed by atoms with van der Waals surface area (Å²) in [5.41, 5.74) is -0.510. The molecular weight excluding hydrogens is 407 g/mol. The van der Waals surface area contributed by atoms with Gasteiger partial charge in [-0.2, -0.15) is 13.2 Å². The van der Waals surface area contributed by atoms with Gasteiger partial charge in [0.15, 0.2) is 0 Å². The third kappa shape index (κ3) is 5.99. The van der Waals surface area contributed by atoms with Crippen molar-refractivity contribution in [1.29, 1.82) is 0 Å². The highest BCUT2D eigenvalue weighted by atomic mass is 19.4. The Kier molecular flexibility index (Phi) is 7.62. The molecule has 1 aromatic carbocycles. The molecule has 1 unspecified atom stereocenters. The predicted octanol–water partition coefficient (Wildman–Crippen LogP) is 3.79. The number of nitrogens with one attached hydrogen (secondary N) is 1. The second-order valence-corrected chi connectivity index (χ2v) is 9.03. The number of alkyl halides is 3. The lowest BCUT2D eigenvalue weighted by Crippen LogP contribution is -2.58. The van der Waals surface area contributed by atoms with Crippen LogP contribution < -0.4 is 5.32 Å². The Balaban J connectivity index is 1.61. The van der Waals surface area contributed by atoms with Gasteiger partial charge in [0.1, 0.15) is 0 Å². The van der Waals surface area contributed by atoms with Crippen molar-refractivity contribution in [2.24, 2.45) is 11.8 Å². The van der Waals surface area contributed by atoms with Crippen molar-refractivity contribution in [3.8, 4) is 0 Å². The van der Waals surface area contributed by atoms with Gasteiger partial charge >= 0.3 is 6.18 Å². The number of hydrogen-bond acceptors (Lipinski definition) is 3. The molecule has 2 fully saturated rings. The summed E-state index contributed by atoms with van der Waals surface area (Å²) in [6.45, 7) is 6.87. The van der Waals surface area contributed by atoms with E-state index in [1.54, 1.807) is 4.90 Å². The van der Waals surface area contributed by atoms with Crippen LogP contribution in [0.25, 0.3) is 0 Å². The number of hydrogen-bond donors (Lipinski definition) is 1. The zero-order chi connectivity index (χ0) is 22.6. The minimum absolute atomic E-state index is 0.0723. The van der Waals surface area contributed by atoms with E-state index in [1.165, 1.54) is 12.1 Å². The number of halogens is 3. The van der Waals surface area contributed by atoms with Crippen molar-refractivity contribution >= 4 is 11.8 Å². The number of amides is 2. The lowest BCUT2D eigenvalue weighted by molar-refractivity contribution is -0.137. The summed E-state index contributed by atoms with van der Waals surface area (Å²) in [7, 11) is 0. The van der Waals surface area contributed by atoms with Gasteiger partial charge in [0.25, 0.3) is 5.91 Å². The van der Waals surface area contributed by atoms with Crippen LogP contribution >= 0.6 is 0 Å². The molecule has 1 aliphatic carbocycles. The van der Waals surface area contributed by atoms with E-state index in [1.807, 2.05) is 0 Å². The van der Waals surface area contributed by atoms with E-state index >= 15 is 0 Å². The lowest BCUT2D eigenvalue weighted by atomic mass is 9.94. The second-order valence-electron chi connectivity index (χ2n) is 9.03. The lowest BCUT2D eigenvalue weighted by Gasteiger charge is -2.41. The summed E-state index contributed by atoms with van der Waals surface area (Å²) < 4.78 is 38.3. The Bertz CT molecular complexity index is 750. The van der Waals surface area contributed by atoms with Gasteiger partial charge in [-0.1, -0.05) is 26.7 Å². The first-order valence-corrected chi connectivity index (χ1v) is 11.1. The van der Waals surface area contributed by atoms with Gasteiger partial charge < -0.3 is 10.2 Å². The van der Waals surface area contributed by atoms with Gasteiger partial charge in [-0.05, 0) is 48.9 Å². The van der Waals surface area contributed by atoms with Crippen molar-refractivity contribution in [2.45, 2.75) is 51.7 Å². The molecule has 1 saturated carbocycles. The van der Waals surface area contributed by atoms with Crippen molar-refractivity contribution in [3.63, 3.8) is 0 Å². The molecule has 0 spiro atoms. The molecular formula is C23H32F3N3O2. The average molecular weight is 440 g/mol. The maximum Gasteiger partial charge on any atom is 0.416 e. The smallest absolute Gasteiger partial charge is 0.354 e. The van der Waals surface area contributed by atoms with Crippen LogP contribution in [-0.2, 0) is 11.0 Å². The van der Waals surface area contributed by atoms with Gasteiger partial charge in [0, 0.05) is 38.3 Å². The second kappa shape index (κ2) is 10.0. The maximum atomic E-state index is 13.0. The highest BCUT2D eigenvalue weighted by Crippen LogP contribution is 2.32. The van der Waals surface area contributed by atoms with E-state index in [9.17, 15) is 22.8 Å². The zero-order valence-electron chi connectivity index (χ0n) is 18.3. The molecule has 3 rings (SSSR count). The van der Waals surface area contributed by atoms with E-state index in [0.717, 1.165) is 37.8 Å². The van der Waals surface area contributed by atoms with Crippen molar-refractivity contribution in [2.75, 3.05) is 32.7 Å². The number of rotatable bonds is 6. The standard InChI is InChI=1S/C23H32F3N3O2/c1-16(2)15-27-21(30)20(17-5-3-4-6-17)28-11-13-29(14-12-28)22(31)18-7-9-19(10-8-18)23(24,25)26/h7-10,16-17,20H,3-6,11-15H2,1-2H3,(H,27,30). The predicted molar refractivity (Wildman–Crippen MR) is 113 cm³/mol. The van der Waals surface area contributed by atoms with Crippen LogP contribution in [0.15, 0.2) is 24.3 Å². The van der Waals surface area contributed by atoms with Crippen molar-refractivity contribution < 1.29 is 22.8 Å². The van der Waals surface area contributed by atoms with Gasteiger partial charge in [0.2, 0.25) is 5.91 Å². The summed E-state index contributed by atoms with van der Waals surface area (Å²) >= 11 is 0. The van der Waals surface area contributed by atoms with Crippen LogP contribution in [-0.4, -0.2) is 60.4 Å². The summed E-state index contributed by atoms with van der Waals surface area (Å²) in [6.07, 6.45) is -0.0382. The fourth-order valence-electron chi connectivity index (χ4n) is 4.55. The van der Waals surface area contributed by atoms with Crippen LogP contribution in [0.1, 0.15) is 55.5 Å². The molecule has 1 N–H and O–H groups in total. The molecule has 1 atom stereocenters. The molecule has 0 aromatic heterocycles. The first-order chi connectivity index (χ1) is 14.7. The fourth-order valence-corrected chi connectivity index (χ4v) is 4.55. The van der Waals surface area contributed by atoms with Gasteiger partial charge in [0.05, 0.1) is 11.6 Å². The minimum atomic E-state index is -4.42. The first kappa shape index (κ1) is 23.6. The number of piperazine rings is 1. The Labute approximate surface area is 182 Å². The molecule has 2 amide bonds. The highest BCUT2D eigenvalue weighted by Gasteiger charge is 2.37. The normalized spacial score (nSPS) is 19.6. The van der Waals surface area contributed by atoms with E-state index in [0.29, 0.717) is 44.6 Å². The Morgan fingerprint density at radius 3 is 2.13 bits per heavy atom. The molecule has 1 saturated heterocycles.